The highest BCUT2D eigenvalue weighted by atomic mass is 19.4. The first-order valence-electron chi connectivity index (χ1n) is 4.51. The number of Topliss-reactive ketones (excluding diaryl/α,β-unsaturated/α-hetero) is 1. The average molecular weight is 247 g/mol. The van der Waals surface area contributed by atoms with Crippen LogP contribution in [0, 0.1) is 17.0 Å². The Morgan fingerprint density at radius 2 is 1.88 bits per heavy atom. The first-order chi connectivity index (χ1) is 7.64. The van der Waals surface area contributed by atoms with Crippen molar-refractivity contribution in [1.82, 2.24) is 0 Å². The van der Waals surface area contributed by atoms with Crippen molar-refractivity contribution in [3.8, 4) is 0 Å². The van der Waals surface area contributed by atoms with Gasteiger partial charge in [0.2, 0.25) is 0 Å². The molecule has 0 saturated carbocycles. The van der Waals surface area contributed by atoms with Crippen LogP contribution in [0.15, 0.2) is 12.1 Å². The maximum absolute atomic E-state index is 12.6. The Kier molecular flexibility index (Phi) is 3.21. The van der Waals surface area contributed by atoms with Gasteiger partial charge in [0.25, 0.3) is 5.69 Å². The number of benzene rings is 1. The van der Waals surface area contributed by atoms with Gasteiger partial charge in [-0.15, -0.1) is 0 Å². The molecule has 1 aromatic rings. The van der Waals surface area contributed by atoms with Crippen molar-refractivity contribution in [2.24, 2.45) is 0 Å². The molecule has 0 heterocycles. The highest BCUT2D eigenvalue weighted by molar-refractivity contribution is 5.95. The van der Waals surface area contributed by atoms with E-state index in [0.717, 1.165) is 13.0 Å². The van der Waals surface area contributed by atoms with Gasteiger partial charge in [0.05, 0.1) is 4.92 Å². The molecular weight excluding hydrogens is 239 g/mol. The Balaban J connectivity index is 3.62. The SMILES string of the molecule is CC(=O)c1cc(C)c([N+](=O)[O-])c(C(F)(F)F)c1. The number of carbonyl (C=O) groups is 1. The molecule has 1 rings (SSSR count). The highest BCUT2D eigenvalue weighted by Crippen LogP contribution is 2.38. The van der Waals surface area contributed by atoms with Crippen LogP contribution in [0.3, 0.4) is 0 Å². The zero-order chi connectivity index (χ0) is 13.4. The number of hydrogen-bond acceptors (Lipinski definition) is 3. The molecule has 0 unspecified atom stereocenters. The van der Waals surface area contributed by atoms with Crippen molar-refractivity contribution in [1.29, 1.82) is 0 Å². The van der Waals surface area contributed by atoms with Crippen LogP contribution >= 0.6 is 0 Å². The number of aryl methyl sites for hydroxylation is 1. The normalized spacial score (nSPS) is 11.4. The molecule has 0 radical (unpaired) electrons. The van der Waals surface area contributed by atoms with Gasteiger partial charge in [-0.3, -0.25) is 14.9 Å². The predicted molar refractivity (Wildman–Crippen MR) is 52.8 cm³/mol. The zero-order valence-corrected chi connectivity index (χ0v) is 8.96. The molecule has 0 bridgehead atoms. The van der Waals surface area contributed by atoms with Crippen molar-refractivity contribution in [2.75, 3.05) is 0 Å². The van der Waals surface area contributed by atoms with E-state index >= 15 is 0 Å². The number of hydrogen-bond donors (Lipinski definition) is 0. The molecule has 1 aromatic carbocycles. The minimum absolute atomic E-state index is 0.185. The summed E-state index contributed by atoms with van der Waals surface area (Å²) in [6, 6.07) is 1.59. The van der Waals surface area contributed by atoms with E-state index in [1.807, 2.05) is 0 Å². The van der Waals surface area contributed by atoms with Gasteiger partial charge < -0.3 is 0 Å². The number of nitrogens with zero attached hydrogens (tertiary/aromatic N) is 1. The number of ketones is 1. The number of rotatable bonds is 2. The second kappa shape index (κ2) is 4.15. The summed E-state index contributed by atoms with van der Waals surface area (Å²) in [7, 11) is 0. The second-order valence-electron chi connectivity index (χ2n) is 3.50. The lowest BCUT2D eigenvalue weighted by molar-refractivity contribution is -0.388. The molecular formula is C10H8F3NO3. The van der Waals surface area contributed by atoms with Crippen LogP contribution in [0.4, 0.5) is 18.9 Å². The molecule has 0 amide bonds. The van der Waals surface area contributed by atoms with Crippen molar-refractivity contribution in [3.63, 3.8) is 0 Å². The summed E-state index contributed by atoms with van der Waals surface area (Å²) >= 11 is 0. The smallest absolute Gasteiger partial charge is 0.295 e. The van der Waals surface area contributed by atoms with E-state index in [1.165, 1.54) is 6.92 Å². The number of carbonyl (C=O) groups excluding carboxylic acids is 1. The third-order valence-corrected chi connectivity index (χ3v) is 2.19. The van der Waals surface area contributed by atoms with Gasteiger partial charge in [0, 0.05) is 11.1 Å². The summed E-state index contributed by atoms with van der Waals surface area (Å²) in [5.74, 6) is -0.575. The Morgan fingerprint density at radius 3 is 2.24 bits per heavy atom. The fourth-order valence-corrected chi connectivity index (χ4v) is 1.44. The van der Waals surface area contributed by atoms with Gasteiger partial charge in [0.15, 0.2) is 5.78 Å². The molecule has 0 aliphatic carbocycles. The van der Waals surface area contributed by atoms with Crippen molar-refractivity contribution in [2.45, 2.75) is 20.0 Å². The molecule has 0 N–H and O–H groups in total. The summed E-state index contributed by atoms with van der Waals surface area (Å²) in [6.07, 6.45) is -4.86. The Labute approximate surface area is 94.2 Å². The number of nitro benzene ring substituents is 1. The predicted octanol–water partition coefficient (Wildman–Crippen LogP) is 3.12. The molecule has 92 valence electrons. The van der Waals surface area contributed by atoms with Gasteiger partial charge in [-0.05, 0) is 26.0 Å². The Morgan fingerprint density at radius 1 is 1.35 bits per heavy atom. The highest BCUT2D eigenvalue weighted by Gasteiger charge is 2.39. The van der Waals surface area contributed by atoms with Crippen LogP contribution in [-0.4, -0.2) is 10.7 Å². The van der Waals surface area contributed by atoms with Crippen molar-refractivity contribution < 1.29 is 22.9 Å². The largest absolute Gasteiger partial charge is 0.423 e. The van der Waals surface area contributed by atoms with Crippen LogP contribution in [-0.2, 0) is 6.18 Å². The number of nitro groups is 1. The Hall–Kier alpha value is -1.92. The first kappa shape index (κ1) is 13.1. The van der Waals surface area contributed by atoms with E-state index < -0.39 is 28.1 Å². The lowest BCUT2D eigenvalue weighted by Gasteiger charge is -2.10. The minimum atomic E-state index is -4.86. The fourth-order valence-electron chi connectivity index (χ4n) is 1.44. The third-order valence-electron chi connectivity index (χ3n) is 2.19. The minimum Gasteiger partial charge on any atom is -0.295 e. The zero-order valence-electron chi connectivity index (χ0n) is 8.96. The van der Waals surface area contributed by atoms with Crippen molar-refractivity contribution >= 4 is 11.5 Å². The van der Waals surface area contributed by atoms with Gasteiger partial charge in [-0.1, -0.05) is 0 Å². The van der Waals surface area contributed by atoms with Crippen LogP contribution in [0.2, 0.25) is 0 Å². The second-order valence-corrected chi connectivity index (χ2v) is 3.50. The van der Waals surface area contributed by atoms with Crippen molar-refractivity contribution in [3.05, 3.63) is 38.9 Å². The van der Waals surface area contributed by atoms with E-state index in [-0.39, 0.29) is 11.1 Å². The summed E-state index contributed by atoms with van der Waals surface area (Å²) < 4.78 is 37.8. The van der Waals surface area contributed by atoms with Gasteiger partial charge >= 0.3 is 6.18 Å². The van der Waals surface area contributed by atoms with Gasteiger partial charge in [-0.25, -0.2) is 0 Å². The molecule has 0 aliphatic heterocycles. The summed E-state index contributed by atoms with van der Waals surface area (Å²) in [5, 5.41) is 10.6. The fraction of sp³-hybridized carbons (Fsp3) is 0.300. The molecule has 7 heteroatoms. The number of alkyl halides is 3. The summed E-state index contributed by atoms with van der Waals surface area (Å²) in [4.78, 5) is 20.5. The Bertz CT molecular complexity index is 494. The van der Waals surface area contributed by atoms with Crippen LogP contribution < -0.4 is 0 Å². The van der Waals surface area contributed by atoms with Crippen LogP contribution in [0.25, 0.3) is 0 Å². The third kappa shape index (κ3) is 2.61. The monoisotopic (exact) mass is 247 g/mol. The van der Waals surface area contributed by atoms with Crippen LogP contribution in [0.1, 0.15) is 28.4 Å². The number of halogens is 3. The molecule has 0 atom stereocenters. The van der Waals surface area contributed by atoms with Crippen LogP contribution in [0.5, 0.6) is 0 Å². The molecule has 0 saturated heterocycles. The topological polar surface area (TPSA) is 60.2 Å². The van der Waals surface area contributed by atoms with E-state index in [2.05, 4.69) is 0 Å². The van der Waals surface area contributed by atoms with Gasteiger partial charge in [0.1, 0.15) is 5.56 Å². The summed E-state index contributed by atoms with van der Waals surface area (Å²) in [6.45, 7) is 2.26. The average Bonchev–Trinajstić information content (AvgIpc) is 2.14. The van der Waals surface area contributed by atoms with E-state index in [4.69, 9.17) is 0 Å². The maximum atomic E-state index is 12.6. The maximum Gasteiger partial charge on any atom is 0.423 e. The standard InChI is InChI=1S/C10H8F3NO3/c1-5-3-7(6(2)15)4-8(10(11,12)13)9(5)14(16)17/h3-4H,1-2H3. The molecule has 0 aliphatic rings. The molecule has 0 spiro atoms. The first-order valence-corrected chi connectivity index (χ1v) is 4.51. The lowest BCUT2D eigenvalue weighted by atomic mass is 10.0. The molecule has 17 heavy (non-hydrogen) atoms. The quantitative estimate of drug-likeness (QED) is 0.458. The van der Waals surface area contributed by atoms with E-state index in [1.54, 1.807) is 0 Å². The summed E-state index contributed by atoms with van der Waals surface area (Å²) in [5.41, 5.74) is -2.79. The molecule has 4 nitrogen and oxygen atoms in total. The molecule has 0 fully saturated rings. The lowest BCUT2D eigenvalue weighted by Crippen LogP contribution is -2.12. The van der Waals surface area contributed by atoms with E-state index in [0.29, 0.717) is 6.07 Å². The molecule has 0 aromatic heterocycles. The van der Waals surface area contributed by atoms with Gasteiger partial charge in [-0.2, -0.15) is 13.2 Å². The van der Waals surface area contributed by atoms with E-state index in [9.17, 15) is 28.1 Å².